The minimum Gasteiger partial charge on any atom is -0.376 e. The number of anilines is 2. The van der Waals surface area contributed by atoms with Crippen molar-refractivity contribution in [2.24, 2.45) is 0 Å². The maximum atomic E-state index is 12.9. The van der Waals surface area contributed by atoms with Crippen molar-refractivity contribution in [1.82, 2.24) is 14.8 Å². The summed E-state index contributed by atoms with van der Waals surface area (Å²) in [5.74, 6) is 0.545. The van der Waals surface area contributed by atoms with Gasteiger partial charge in [0.2, 0.25) is 0 Å². The van der Waals surface area contributed by atoms with Gasteiger partial charge in [0.15, 0.2) is 5.82 Å². The molecular formula is C20H22ClN5O. The minimum atomic E-state index is -0.227. The summed E-state index contributed by atoms with van der Waals surface area (Å²) in [7, 11) is 3.83. The van der Waals surface area contributed by atoms with Gasteiger partial charge in [-0.15, -0.1) is 0 Å². The third-order valence-corrected chi connectivity index (χ3v) is 4.45. The van der Waals surface area contributed by atoms with Gasteiger partial charge < -0.3 is 10.2 Å². The number of benzene rings is 1. The number of nitrogens with one attached hydrogen (secondary N) is 1. The van der Waals surface area contributed by atoms with Gasteiger partial charge >= 0.3 is 0 Å². The molecule has 6 nitrogen and oxygen atoms in total. The highest BCUT2D eigenvalue weighted by molar-refractivity contribution is 6.33. The van der Waals surface area contributed by atoms with Crippen LogP contribution in [0.2, 0.25) is 5.02 Å². The zero-order valence-corrected chi connectivity index (χ0v) is 16.5. The molecule has 0 spiro atoms. The molecule has 3 aromatic rings. The average molecular weight is 384 g/mol. The summed E-state index contributed by atoms with van der Waals surface area (Å²) in [6, 6.07) is 11.0. The largest absolute Gasteiger partial charge is 0.376 e. The second-order valence-corrected chi connectivity index (χ2v) is 7.12. The molecule has 0 unspecified atom stereocenters. The number of aromatic nitrogens is 3. The van der Waals surface area contributed by atoms with E-state index in [9.17, 15) is 4.79 Å². The van der Waals surface area contributed by atoms with Crippen molar-refractivity contribution in [3.63, 3.8) is 0 Å². The number of hydrogen-bond acceptors (Lipinski definition) is 4. The Morgan fingerprint density at radius 3 is 2.59 bits per heavy atom. The summed E-state index contributed by atoms with van der Waals surface area (Å²) >= 11 is 6.30. The predicted molar refractivity (Wildman–Crippen MR) is 109 cm³/mol. The number of pyridine rings is 1. The number of hydrogen-bond donors (Lipinski definition) is 1. The number of rotatable bonds is 5. The van der Waals surface area contributed by atoms with Crippen molar-refractivity contribution in [2.45, 2.75) is 19.8 Å². The lowest BCUT2D eigenvalue weighted by Crippen LogP contribution is -2.16. The molecule has 27 heavy (non-hydrogen) atoms. The summed E-state index contributed by atoms with van der Waals surface area (Å²) in [6.07, 6.45) is 3.28. The van der Waals surface area contributed by atoms with Crippen molar-refractivity contribution in [3.05, 3.63) is 65.1 Å². The van der Waals surface area contributed by atoms with Crippen molar-refractivity contribution in [3.8, 4) is 5.82 Å². The van der Waals surface area contributed by atoms with Crippen LogP contribution in [0, 0.1) is 0 Å². The lowest BCUT2D eigenvalue weighted by atomic mass is 10.1. The van der Waals surface area contributed by atoms with E-state index in [0.717, 1.165) is 11.4 Å². The van der Waals surface area contributed by atoms with Gasteiger partial charge in [-0.1, -0.05) is 31.5 Å². The van der Waals surface area contributed by atoms with E-state index in [4.69, 9.17) is 11.6 Å². The minimum absolute atomic E-state index is 0.0926. The zero-order chi connectivity index (χ0) is 19.6. The lowest BCUT2D eigenvalue weighted by Gasteiger charge is -2.16. The van der Waals surface area contributed by atoms with Crippen molar-refractivity contribution >= 4 is 28.9 Å². The number of nitrogens with zero attached hydrogens (tertiary/aromatic N) is 4. The Bertz CT molecular complexity index is 950. The van der Waals surface area contributed by atoms with Crippen molar-refractivity contribution < 1.29 is 4.79 Å². The van der Waals surface area contributed by atoms with E-state index in [2.05, 4.69) is 15.4 Å². The predicted octanol–water partition coefficient (Wildman–Crippen LogP) is 4.36. The van der Waals surface area contributed by atoms with Gasteiger partial charge in [0.25, 0.3) is 5.91 Å². The maximum Gasteiger partial charge on any atom is 0.259 e. The summed E-state index contributed by atoms with van der Waals surface area (Å²) < 4.78 is 1.71. The van der Waals surface area contributed by atoms with Gasteiger partial charge in [0.1, 0.15) is 0 Å². The van der Waals surface area contributed by atoms with E-state index in [0.29, 0.717) is 22.1 Å². The molecule has 0 aliphatic rings. The van der Waals surface area contributed by atoms with E-state index in [1.54, 1.807) is 23.1 Å². The van der Waals surface area contributed by atoms with Gasteiger partial charge in [-0.2, -0.15) is 5.10 Å². The molecule has 2 heterocycles. The third-order valence-electron chi connectivity index (χ3n) is 4.15. The fourth-order valence-electron chi connectivity index (χ4n) is 2.90. The molecule has 0 saturated heterocycles. The van der Waals surface area contributed by atoms with Crippen LogP contribution in [0.4, 0.5) is 11.4 Å². The van der Waals surface area contributed by atoms with Gasteiger partial charge in [0, 0.05) is 26.0 Å². The lowest BCUT2D eigenvalue weighted by molar-refractivity contribution is 0.102. The van der Waals surface area contributed by atoms with Crippen LogP contribution in [0.15, 0.2) is 48.8 Å². The molecule has 1 amide bonds. The first-order chi connectivity index (χ1) is 12.9. The third kappa shape index (κ3) is 3.95. The molecule has 0 fully saturated rings. The van der Waals surface area contributed by atoms with Crippen LogP contribution < -0.4 is 10.2 Å². The molecule has 0 saturated carbocycles. The summed E-state index contributed by atoms with van der Waals surface area (Å²) in [4.78, 5) is 19.1. The number of carbonyl (C=O) groups is 1. The van der Waals surface area contributed by atoms with Crippen LogP contribution in [-0.2, 0) is 0 Å². The number of halogens is 1. The van der Waals surface area contributed by atoms with Gasteiger partial charge in [-0.05, 0) is 36.2 Å². The monoisotopic (exact) mass is 383 g/mol. The van der Waals surface area contributed by atoms with E-state index in [-0.39, 0.29) is 11.8 Å². The standard InChI is InChI=1S/C20H22ClN5O/c1-13(2)19-15(12-23-26(19)18-7-5-6-10-22-18)20(27)24-14-8-9-17(25(3)4)16(21)11-14/h5-13H,1-4H3,(H,24,27). The fourth-order valence-corrected chi connectivity index (χ4v) is 3.25. The van der Waals surface area contributed by atoms with Crippen LogP contribution in [0.5, 0.6) is 0 Å². The van der Waals surface area contributed by atoms with Crippen LogP contribution in [-0.4, -0.2) is 34.8 Å². The Labute approximate surface area is 163 Å². The summed E-state index contributed by atoms with van der Waals surface area (Å²) in [6.45, 7) is 4.05. The Morgan fingerprint density at radius 2 is 2.00 bits per heavy atom. The van der Waals surface area contributed by atoms with Crippen LogP contribution >= 0.6 is 11.6 Å². The molecular weight excluding hydrogens is 362 g/mol. The highest BCUT2D eigenvalue weighted by Crippen LogP contribution is 2.28. The van der Waals surface area contributed by atoms with E-state index in [1.807, 2.05) is 63.2 Å². The Morgan fingerprint density at radius 1 is 1.22 bits per heavy atom. The molecule has 2 aromatic heterocycles. The fraction of sp³-hybridized carbons (Fsp3) is 0.250. The van der Waals surface area contributed by atoms with Crippen molar-refractivity contribution in [1.29, 1.82) is 0 Å². The molecule has 0 atom stereocenters. The zero-order valence-electron chi connectivity index (χ0n) is 15.8. The molecule has 0 radical (unpaired) electrons. The van der Waals surface area contributed by atoms with Gasteiger partial charge in [-0.3, -0.25) is 4.79 Å². The summed E-state index contributed by atoms with van der Waals surface area (Å²) in [5, 5.41) is 7.87. The molecule has 0 aliphatic carbocycles. The normalized spacial score (nSPS) is 10.9. The second kappa shape index (κ2) is 7.80. The quantitative estimate of drug-likeness (QED) is 0.710. The van der Waals surface area contributed by atoms with Crippen LogP contribution in [0.3, 0.4) is 0 Å². The molecule has 3 rings (SSSR count). The Hall–Kier alpha value is -2.86. The molecule has 140 valence electrons. The van der Waals surface area contributed by atoms with E-state index in [1.165, 1.54) is 0 Å². The second-order valence-electron chi connectivity index (χ2n) is 6.71. The molecule has 1 aromatic carbocycles. The first-order valence-electron chi connectivity index (χ1n) is 8.66. The Balaban J connectivity index is 1.91. The molecule has 7 heteroatoms. The SMILES string of the molecule is CC(C)c1c(C(=O)Nc2ccc(N(C)C)c(Cl)c2)cnn1-c1ccccn1. The van der Waals surface area contributed by atoms with E-state index < -0.39 is 0 Å². The van der Waals surface area contributed by atoms with Gasteiger partial charge in [-0.25, -0.2) is 9.67 Å². The molecule has 0 bridgehead atoms. The smallest absolute Gasteiger partial charge is 0.259 e. The topological polar surface area (TPSA) is 63.1 Å². The molecule has 0 aliphatic heterocycles. The highest BCUT2D eigenvalue weighted by Gasteiger charge is 2.21. The number of amides is 1. The Kier molecular flexibility index (Phi) is 5.46. The van der Waals surface area contributed by atoms with E-state index >= 15 is 0 Å². The highest BCUT2D eigenvalue weighted by atomic mass is 35.5. The average Bonchev–Trinajstić information content (AvgIpc) is 3.07. The first-order valence-corrected chi connectivity index (χ1v) is 9.04. The molecule has 1 N–H and O–H groups in total. The first kappa shape index (κ1) is 18.9. The van der Waals surface area contributed by atoms with Crippen molar-refractivity contribution in [2.75, 3.05) is 24.3 Å². The summed E-state index contributed by atoms with van der Waals surface area (Å²) in [5.41, 5.74) is 2.85. The maximum absolute atomic E-state index is 12.9. The van der Waals surface area contributed by atoms with Gasteiger partial charge in [0.05, 0.1) is 28.2 Å². The van der Waals surface area contributed by atoms with Crippen LogP contribution in [0.1, 0.15) is 35.8 Å². The van der Waals surface area contributed by atoms with Crippen LogP contribution in [0.25, 0.3) is 5.82 Å². The number of carbonyl (C=O) groups excluding carboxylic acids is 1.